The molecular weight excluding hydrogens is 278 g/mol. The van der Waals surface area contributed by atoms with Crippen molar-refractivity contribution >= 4 is 28.3 Å². The molecule has 0 unspecified atom stereocenters. The number of carbonyl (C=O) groups excluding carboxylic acids is 1. The van der Waals surface area contributed by atoms with Crippen molar-refractivity contribution in [1.29, 1.82) is 0 Å². The lowest BCUT2D eigenvalue weighted by molar-refractivity contribution is -0.134. The number of aromatic nitrogens is 2. The number of fused-ring (bicyclic) bond motifs is 1. The molecule has 0 spiro atoms. The van der Waals surface area contributed by atoms with Gasteiger partial charge in [0, 0.05) is 41.3 Å². The number of nitrogens with two attached hydrogens (primary N) is 1. The Morgan fingerprint density at radius 3 is 2.86 bits per heavy atom. The maximum atomic E-state index is 11.7. The molecule has 0 fully saturated rings. The van der Waals surface area contributed by atoms with E-state index in [1.54, 1.807) is 12.4 Å². The van der Waals surface area contributed by atoms with Gasteiger partial charge < -0.3 is 15.0 Å². The van der Waals surface area contributed by atoms with Crippen molar-refractivity contribution in [2.75, 3.05) is 12.8 Å². The van der Waals surface area contributed by atoms with Crippen LogP contribution in [0.25, 0.3) is 16.6 Å². The zero-order valence-corrected chi connectivity index (χ0v) is 12.1. The molecule has 3 aromatic rings. The Bertz CT molecular complexity index is 851. The fraction of sp³-hybridized carbons (Fsp3) is 0.0588. The van der Waals surface area contributed by atoms with E-state index in [2.05, 4.69) is 4.98 Å². The highest BCUT2D eigenvalue weighted by Gasteiger charge is 2.11. The Hall–Kier alpha value is -3.08. The molecule has 0 saturated carbocycles. The molecule has 2 heterocycles. The van der Waals surface area contributed by atoms with Gasteiger partial charge >= 0.3 is 5.97 Å². The van der Waals surface area contributed by atoms with Gasteiger partial charge in [0.05, 0.1) is 18.3 Å². The van der Waals surface area contributed by atoms with E-state index in [0.717, 1.165) is 16.5 Å². The Morgan fingerprint density at radius 2 is 2.14 bits per heavy atom. The van der Waals surface area contributed by atoms with Crippen molar-refractivity contribution < 1.29 is 9.53 Å². The van der Waals surface area contributed by atoms with Crippen molar-refractivity contribution in [1.82, 2.24) is 9.55 Å². The molecule has 5 nitrogen and oxygen atoms in total. The summed E-state index contributed by atoms with van der Waals surface area (Å²) < 4.78 is 6.66. The van der Waals surface area contributed by atoms with Gasteiger partial charge in [-0.2, -0.15) is 0 Å². The first-order valence-electron chi connectivity index (χ1n) is 6.76. The van der Waals surface area contributed by atoms with Crippen LogP contribution in [0.2, 0.25) is 0 Å². The van der Waals surface area contributed by atoms with Crippen LogP contribution in [0, 0.1) is 0 Å². The third-order valence-corrected chi connectivity index (χ3v) is 3.44. The van der Waals surface area contributed by atoms with Crippen LogP contribution in [0.5, 0.6) is 0 Å². The average Bonchev–Trinajstić information content (AvgIpc) is 2.98. The van der Waals surface area contributed by atoms with Gasteiger partial charge in [0.25, 0.3) is 0 Å². The van der Waals surface area contributed by atoms with Crippen LogP contribution in [-0.2, 0) is 9.53 Å². The van der Waals surface area contributed by atoms with E-state index in [4.69, 9.17) is 10.5 Å². The van der Waals surface area contributed by atoms with E-state index in [1.165, 1.54) is 13.2 Å². The molecule has 2 aromatic heterocycles. The van der Waals surface area contributed by atoms with E-state index in [0.29, 0.717) is 11.4 Å². The second kappa shape index (κ2) is 5.73. The average molecular weight is 293 g/mol. The number of hydrogen-bond acceptors (Lipinski definition) is 4. The summed E-state index contributed by atoms with van der Waals surface area (Å²) in [6, 6.07) is 11.3. The molecule has 3 rings (SSSR count). The van der Waals surface area contributed by atoms with Crippen molar-refractivity contribution in [3.05, 3.63) is 66.6 Å². The van der Waals surface area contributed by atoms with Gasteiger partial charge in [-0.05, 0) is 30.3 Å². The second-order valence-electron chi connectivity index (χ2n) is 4.76. The number of esters is 1. The van der Waals surface area contributed by atoms with Crippen LogP contribution in [0.4, 0.5) is 5.69 Å². The minimum atomic E-state index is -0.426. The molecule has 0 aliphatic rings. The number of rotatable bonds is 3. The predicted molar refractivity (Wildman–Crippen MR) is 86.0 cm³/mol. The van der Waals surface area contributed by atoms with E-state index in [-0.39, 0.29) is 0 Å². The number of pyridine rings is 1. The highest BCUT2D eigenvalue weighted by atomic mass is 16.5. The minimum Gasteiger partial charge on any atom is -0.466 e. The first-order chi connectivity index (χ1) is 10.7. The maximum Gasteiger partial charge on any atom is 0.332 e. The molecule has 0 bridgehead atoms. The van der Waals surface area contributed by atoms with E-state index in [9.17, 15) is 4.79 Å². The number of benzene rings is 1. The predicted octanol–water partition coefficient (Wildman–Crippen LogP) is 2.68. The smallest absolute Gasteiger partial charge is 0.332 e. The monoisotopic (exact) mass is 293 g/mol. The molecule has 0 aliphatic heterocycles. The summed E-state index contributed by atoms with van der Waals surface area (Å²) >= 11 is 0. The lowest BCUT2D eigenvalue weighted by Crippen LogP contribution is -2.03. The molecule has 1 aromatic carbocycles. The van der Waals surface area contributed by atoms with Crippen LogP contribution < -0.4 is 5.73 Å². The fourth-order valence-electron chi connectivity index (χ4n) is 2.38. The number of nitrogens with zero attached hydrogens (tertiary/aromatic N) is 2. The highest BCUT2D eigenvalue weighted by Crippen LogP contribution is 2.27. The molecule has 0 atom stereocenters. The van der Waals surface area contributed by atoms with Crippen molar-refractivity contribution in [3.8, 4) is 0 Å². The molecule has 0 aliphatic carbocycles. The maximum absolute atomic E-state index is 11.7. The van der Waals surface area contributed by atoms with Gasteiger partial charge in [-0.25, -0.2) is 4.79 Å². The molecule has 0 radical (unpaired) electrons. The lowest BCUT2D eigenvalue weighted by atomic mass is 10.2. The molecule has 2 N–H and O–H groups in total. The van der Waals surface area contributed by atoms with Crippen molar-refractivity contribution in [2.45, 2.75) is 0 Å². The fourth-order valence-corrected chi connectivity index (χ4v) is 2.38. The van der Waals surface area contributed by atoms with Gasteiger partial charge in [-0.1, -0.05) is 6.07 Å². The number of nitrogen functional groups attached to an aromatic ring is 1. The highest BCUT2D eigenvalue weighted by molar-refractivity contribution is 5.97. The summed E-state index contributed by atoms with van der Waals surface area (Å²) in [7, 11) is 1.35. The first-order valence-corrected chi connectivity index (χ1v) is 6.76. The first kappa shape index (κ1) is 13.9. The Labute approximate surface area is 127 Å². The van der Waals surface area contributed by atoms with Crippen LogP contribution in [0.15, 0.2) is 61.1 Å². The molecule has 0 amide bonds. The molecule has 22 heavy (non-hydrogen) atoms. The Balaban J connectivity index is 2.23. The number of hydrogen-bond donors (Lipinski definition) is 1. The zero-order valence-electron chi connectivity index (χ0n) is 12.1. The summed E-state index contributed by atoms with van der Waals surface area (Å²) in [6.45, 7) is 0. The van der Waals surface area contributed by atoms with Gasteiger partial charge in [-0.3, -0.25) is 4.98 Å². The van der Waals surface area contributed by atoms with Gasteiger partial charge in [0.1, 0.15) is 0 Å². The summed E-state index contributed by atoms with van der Waals surface area (Å²) in [4.78, 5) is 15.9. The quantitative estimate of drug-likeness (QED) is 0.458. The van der Waals surface area contributed by atoms with Crippen LogP contribution in [0.3, 0.4) is 0 Å². The largest absolute Gasteiger partial charge is 0.466 e. The normalized spacial score (nSPS) is 11.6. The second-order valence-corrected chi connectivity index (χ2v) is 4.76. The molecular formula is C17H15N3O2. The van der Waals surface area contributed by atoms with E-state index in [1.807, 2.05) is 47.2 Å². The standard InChI is InChI=1S/C17H15N3O2/c1-22-17(21)10-16(12-4-3-8-19-11-12)20-9-7-13-14(18)5-2-6-15(13)20/h2-11H,18H2,1H3/b16-10+. The van der Waals surface area contributed by atoms with Gasteiger partial charge in [0.15, 0.2) is 0 Å². The van der Waals surface area contributed by atoms with E-state index < -0.39 is 5.97 Å². The number of methoxy groups -OCH3 is 1. The minimum absolute atomic E-state index is 0.426. The SMILES string of the molecule is COC(=O)/C=C(\c1cccnc1)n1ccc2c(N)cccc21. The van der Waals surface area contributed by atoms with Crippen molar-refractivity contribution in [2.24, 2.45) is 0 Å². The van der Waals surface area contributed by atoms with Crippen LogP contribution in [0.1, 0.15) is 5.56 Å². The summed E-state index contributed by atoms with van der Waals surface area (Å²) in [5, 5.41) is 0.933. The molecule has 5 heteroatoms. The van der Waals surface area contributed by atoms with Crippen LogP contribution in [-0.4, -0.2) is 22.6 Å². The van der Waals surface area contributed by atoms with Gasteiger partial charge in [0.2, 0.25) is 0 Å². The number of anilines is 1. The van der Waals surface area contributed by atoms with E-state index >= 15 is 0 Å². The summed E-state index contributed by atoms with van der Waals surface area (Å²) in [5.74, 6) is -0.426. The number of carbonyl (C=O) groups is 1. The van der Waals surface area contributed by atoms with Crippen LogP contribution >= 0.6 is 0 Å². The molecule has 0 saturated heterocycles. The summed E-state index contributed by atoms with van der Waals surface area (Å²) in [6.07, 6.45) is 6.71. The molecule has 110 valence electrons. The van der Waals surface area contributed by atoms with Gasteiger partial charge in [-0.15, -0.1) is 0 Å². The van der Waals surface area contributed by atoms with Crippen molar-refractivity contribution in [3.63, 3.8) is 0 Å². The zero-order chi connectivity index (χ0) is 15.5. The Morgan fingerprint density at radius 1 is 1.27 bits per heavy atom. The lowest BCUT2D eigenvalue weighted by Gasteiger charge is -2.11. The Kier molecular flexibility index (Phi) is 3.62. The topological polar surface area (TPSA) is 70.1 Å². The summed E-state index contributed by atoms with van der Waals surface area (Å²) in [5.41, 5.74) is 9.10. The third kappa shape index (κ3) is 2.44. The number of ether oxygens (including phenoxy) is 1. The third-order valence-electron chi connectivity index (χ3n) is 3.44.